The van der Waals surface area contributed by atoms with E-state index in [4.69, 9.17) is 0 Å². The molecular weight excluding hydrogens is 512 g/mol. The van der Waals surface area contributed by atoms with Crippen molar-refractivity contribution in [2.75, 3.05) is 0 Å². The van der Waals surface area contributed by atoms with Crippen LogP contribution in [0.4, 0.5) is 0 Å². The van der Waals surface area contributed by atoms with Gasteiger partial charge in [0.05, 0.1) is 0 Å². The van der Waals surface area contributed by atoms with Crippen molar-refractivity contribution in [1.82, 2.24) is 0 Å². The summed E-state index contributed by atoms with van der Waals surface area (Å²) in [4.78, 5) is 0. The number of fused-ring (bicyclic) bond motifs is 3. The molecule has 0 radical (unpaired) electrons. The van der Waals surface area contributed by atoms with Crippen molar-refractivity contribution in [2.24, 2.45) is 0 Å². The normalized spacial score (nSPS) is 11.9. The van der Waals surface area contributed by atoms with E-state index >= 15 is 0 Å². The lowest BCUT2D eigenvalue weighted by Gasteiger charge is -2.14. The minimum atomic E-state index is 1.24. The molecule has 0 bridgehead atoms. The van der Waals surface area contributed by atoms with Gasteiger partial charge in [0.15, 0.2) is 0 Å². The Bertz CT molecular complexity index is 818. The average molecular weight is 544 g/mol. The maximum absolute atomic E-state index is 3.84. The van der Waals surface area contributed by atoms with Crippen LogP contribution in [-0.4, -0.2) is 0 Å². The van der Waals surface area contributed by atoms with Crippen molar-refractivity contribution < 1.29 is 0 Å². The molecule has 0 unspecified atom stereocenters. The predicted octanol–water partition coefficient (Wildman–Crippen LogP) is 10.7. The van der Waals surface area contributed by atoms with Gasteiger partial charge in [0.2, 0.25) is 0 Å². The summed E-state index contributed by atoms with van der Waals surface area (Å²) in [5, 5.41) is 7.46. The van der Waals surface area contributed by atoms with Gasteiger partial charge in [-0.2, -0.15) is 0 Å². The van der Waals surface area contributed by atoms with Crippen LogP contribution < -0.4 is 0 Å². The summed E-state index contributed by atoms with van der Waals surface area (Å²) in [7, 11) is 0. The monoisotopic (exact) mass is 542 g/mol. The Morgan fingerprint density at radius 1 is 0.607 bits per heavy atom. The standard InChI is InChI=1S/C24H32Br2S2/c1-3-5-7-9-11-13-17-18(14-12-10-8-6-4-2)24-22(20(26)16-28-24)21-19(25)15-27-23(17)21/h15-16H,3-14H2,1-2H3. The molecule has 0 nitrogen and oxygen atoms in total. The van der Waals surface area contributed by atoms with E-state index in [1.807, 2.05) is 22.7 Å². The molecule has 0 aliphatic heterocycles. The van der Waals surface area contributed by atoms with Gasteiger partial charge in [-0.25, -0.2) is 0 Å². The zero-order valence-electron chi connectivity index (χ0n) is 17.2. The third-order valence-electron chi connectivity index (χ3n) is 5.72. The molecule has 3 aromatic rings. The second-order valence-electron chi connectivity index (χ2n) is 7.86. The molecule has 0 fully saturated rings. The van der Waals surface area contributed by atoms with Crippen LogP contribution >= 0.6 is 54.5 Å². The number of hydrogen-bond donors (Lipinski definition) is 0. The second-order valence-corrected chi connectivity index (χ2v) is 11.3. The highest BCUT2D eigenvalue weighted by Gasteiger charge is 2.20. The van der Waals surface area contributed by atoms with Crippen LogP contribution in [0.3, 0.4) is 0 Å². The second kappa shape index (κ2) is 11.5. The number of thiophene rings is 2. The molecule has 4 heteroatoms. The van der Waals surface area contributed by atoms with E-state index in [0.717, 1.165) is 0 Å². The number of rotatable bonds is 12. The fourth-order valence-electron chi connectivity index (χ4n) is 4.20. The minimum Gasteiger partial charge on any atom is -0.142 e. The van der Waals surface area contributed by atoms with Gasteiger partial charge < -0.3 is 0 Å². The highest BCUT2D eigenvalue weighted by Crippen LogP contribution is 2.46. The fourth-order valence-corrected chi connectivity index (χ4v) is 7.89. The van der Waals surface area contributed by atoms with Crippen molar-refractivity contribution >= 4 is 74.7 Å². The van der Waals surface area contributed by atoms with Gasteiger partial charge in [-0.3, -0.25) is 0 Å². The highest BCUT2D eigenvalue weighted by molar-refractivity contribution is 9.11. The van der Waals surface area contributed by atoms with Crippen molar-refractivity contribution in [1.29, 1.82) is 0 Å². The topological polar surface area (TPSA) is 0 Å². The lowest BCUT2D eigenvalue weighted by atomic mass is 9.93. The van der Waals surface area contributed by atoms with E-state index in [-0.39, 0.29) is 0 Å². The molecular formula is C24H32Br2S2. The zero-order chi connectivity index (χ0) is 19.9. The van der Waals surface area contributed by atoms with Crippen molar-refractivity contribution in [2.45, 2.75) is 90.9 Å². The summed E-state index contributed by atoms with van der Waals surface area (Å²) in [5.74, 6) is 0. The molecule has 3 rings (SSSR count). The molecule has 0 atom stereocenters. The van der Waals surface area contributed by atoms with Crippen LogP contribution in [0.2, 0.25) is 0 Å². The van der Waals surface area contributed by atoms with Crippen LogP contribution in [0.5, 0.6) is 0 Å². The van der Waals surface area contributed by atoms with E-state index < -0.39 is 0 Å². The summed E-state index contributed by atoms with van der Waals surface area (Å²) in [6, 6.07) is 0. The SMILES string of the molecule is CCCCCCCc1c(CCCCCCC)c2scc(Br)c2c2c(Br)csc12. The molecule has 0 aliphatic carbocycles. The van der Waals surface area contributed by atoms with E-state index in [0.29, 0.717) is 0 Å². The van der Waals surface area contributed by atoms with Crippen LogP contribution in [0, 0.1) is 0 Å². The number of unbranched alkanes of at least 4 members (excludes halogenated alkanes) is 8. The van der Waals surface area contributed by atoms with E-state index in [1.165, 1.54) is 106 Å². The van der Waals surface area contributed by atoms with Gasteiger partial charge in [-0.05, 0) is 68.7 Å². The summed E-state index contributed by atoms with van der Waals surface area (Å²) in [6.07, 6.45) is 16.0. The first-order chi connectivity index (χ1) is 13.7. The van der Waals surface area contributed by atoms with Gasteiger partial charge in [-0.1, -0.05) is 65.2 Å². The number of benzene rings is 1. The van der Waals surface area contributed by atoms with Crippen molar-refractivity contribution in [3.05, 3.63) is 30.8 Å². The Labute approximate surface area is 195 Å². The quantitative estimate of drug-likeness (QED) is 0.199. The highest BCUT2D eigenvalue weighted by atomic mass is 79.9. The number of aryl methyl sites for hydroxylation is 2. The molecule has 0 saturated heterocycles. The molecule has 0 amide bonds. The summed E-state index contributed by atoms with van der Waals surface area (Å²) >= 11 is 11.6. The maximum atomic E-state index is 3.84. The third-order valence-corrected chi connectivity index (χ3v) is 9.65. The van der Waals surface area contributed by atoms with E-state index in [9.17, 15) is 0 Å². The summed E-state index contributed by atoms with van der Waals surface area (Å²) in [5.41, 5.74) is 3.30. The van der Waals surface area contributed by atoms with Gasteiger partial charge >= 0.3 is 0 Å². The van der Waals surface area contributed by atoms with Crippen LogP contribution in [0.25, 0.3) is 20.2 Å². The third kappa shape index (κ3) is 5.22. The van der Waals surface area contributed by atoms with E-state index in [1.54, 1.807) is 11.1 Å². The largest absolute Gasteiger partial charge is 0.142 e. The van der Waals surface area contributed by atoms with Gasteiger partial charge in [0.1, 0.15) is 0 Å². The average Bonchev–Trinajstić information content (AvgIpc) is 3.25. The van der Waals surface area contributed by atoms with Crippen LogP contribution in [0.1, 0.15) is 89.2 Å². The molecule has 2 aromatic heterocycles. The number of hydrogen-bond acceptors (Lipinski definition) is 2. The maximum Gasteiger partial charge on any atom is 0.0396 e. The van der Waals surface area contributed by atoms with Crippen molar-refractivity contribution in [3.8, 4) is 0 Å². The Kier molecular flexibility index (Phi) is 9.34. The molecule has 0 saturated carbocycles. The van der Waals surface area contributed by atoms with Crippen molar-refractivity contribution in [3.63, 3.8) is 0 Å². The molecule has 0 aliphatic rings. The van der Waals surface area contributed by atoms with Crippen LogP contribution in [-0.2, 0) is 12.8 Å². The Morgan fingerprint density at radius 3 is 1.39 bits per heavy atom. The predicted molar refractivity (Wildman–Crippen MR) is 138 cm³/mol. The van der Waals surface area contributed by atoms with Gasteiger partial charge in [0.25, 0.3) is 0 Å². The fraction of sp³-hybridized carbons (Fsp3) is 0.583. The first-order valence-corrected chi connectivity index (χ1v) is 14.3. The molecule has 0 N–H and O–H groups in total. The Balaban J connectivity index is 1.94. The Morgan fingerprint density at radius 2 is 1.00 bits per heavy atom. The first-order valence-electron chi connectivity index (χ1n) is 11.0. The Hall–Kier alpha value is 0.1000. The van der Waals surface area contributed by atoms with Crippen LogP contribution in [0.15, 0.2) is 19.7 Å². The molecule has 0 spiro atoms. The molecule has 1 aromatic carbocycles. The lowest BCUT2D eigenvalue weighted by Crippen LogP contribution is -1.97. The molecule has 2 heterocycles. The minimum absolute atomic E-state index is 1.24. The van der Waals surface area contributed by atoms with Gasteiger partial charge in [-0.15, -0.1) is 22.7 Å². The smallest absolute Gasteiger partial charge is 0.0396 e. The summed E-state index contributed by atoms with van der Waals surface area (Å²) < 4.78 is 5.58. The molecule has 28 heavy (non-hydrogen) atoms. The molecule has 154 valence electrons. The van der Waals surface area contributed by atoms with E-state index in [2.05, 4.69) is 56.5 Å². The lowest BCUT2D eigenvalue weighted by molar-refractivity contribution is 0.623. The number of halogens is 2. The first kappa shape index (κ1) is 22.8. The summed E-state index contributed by atoms with van der Waals surface area (Å²) in [6.45, 7) is 4.60. The van der Waals surface area contributed by atoms with Gasteiger partial charge in [0, 0.05) is 39.9 Å². The zero-order valence-corrected chi connectivity index (χ0v) is 22.0.